The lowest BCUT2D eigenvalue weighted by Crippen LogP contribution is -2.54. The molecule has 0 fully saturated rings. The summed E-state index contributed by atoms with van der Waals surface area (Å²) in [5.41, 5.74) is -1.37. The number of rotatable bonds is 7. The largest absolute Gasteiger partial charge is 0.480 e. The van der Waals surface area contributed by atoms with E-state index < -0.39 is 34.0 Å². The van der Waals surface area contributed by atoms with Crippen molar-refractivity contribution in [2.24, 2.45) is 0 Å². The average Bonchev–Trinajstić information content (AvgIpc) is 2.15. The van der Waals surface area contributed by atoms with Crippen LogP contribution in [0.4, 0.5) is 0 Å². The Morgan fingerprint density at radius 3 is 2.22 bits per heavy atom. The van der Waals surface area contributed by atoms with Gasteiger partial charge in [-0.15, -0.1) is 0 Å². The lowest BCUT2D eigenvalue weighted by Gasteiger charge is -2.26. The first-order valence-electron chi connectivity index (χ1n) is 5.48. The van der Waals surface area contributed by atoms with E-state index in [1.807, 2.05) is 0 Å². The Bertz CT molecular complexity index is 420. The highest BCUT2D eigenvalue weighted by atomic mass is 32.2. The number of hydrogen-bond acceptors (Lipinski definition) is 4. The van der Waals surface area contributed by atoms with Crippen LogP contribution in [-0.4, -0.2) is 55.1 Å². The summed E-state index contributed by atoms with van der Waals surface area (Å²) in [6.45, 7) is 2.80. The first kappa shape index (κ1) is 16.9. The molecule has 0 radical (unpaired) electrons. The van der Waals surface area contributed by atoms with Gasteiger partial charge in [0.2, 0.25) is 15.9 Å². The summed E-state index contributed by atoms with van der Waals surface area (Å²) < 4.78 is 23.1. The molecule has 1 atom stereocenters. The lowest BCUT2D eigenvalue weighted by atomic mass is 9.96. The molecule has 8 heteroatoms. The summed E-state index contributed by atoms with van der Waals surface area (Å²) in [5.74, 6) is -1.78. The number of aliphatic carboxylic acids is 1. The molecule has 0 heterocycles. The van der Waals surface area contributed by atoms with Gasteiger partial charge in [-0.1, -0.05) is 13.3 Å². The molecule has 0 bridgehead atoms. The third-order valence-corrected chi connectivity index (χ3v) is 3.83. The normalized spacial score (nSPS) is 15.2. The molecule has 0 aliphatic heterocycles. The third kappa shape index (κ3) is 5.01. The van der Waals surface area contributed by atoms with Crippen LogP contribution in [-0.2, 0) is 19.6 Å². The number of carboxylic acid groups (broad SMARTS) is 1. The number of hydrogen-bond donors (Lipinski definition) is 2. The second-order valence-electron chi connectivity index (χ2n) is 4.45. The van der Waals surface area contributed by atoms with Gasteiger partial charge in [-0.05, 0) is 13.3 Å². The zero-order chi connectivity index (χ0) is 14.6. The van der Waals surface area contributed by atoms with Crippen molar-refractivity contribution in [1.82, 2.24) is 9.62 Å². The van der Waals surface area contributed by atoms with Gasteiger partial charge in [0.25, 0.3) is 0 Å². The average molecular weight is 280 g/mol. The monoisotopic (exact) mass is 280 g/mol. The SMILES string of the molecule is CCCC(C)(NC(=O)CN(C)S(C)(=O)=O)C(=O)O. The van der Waals surface area contributed by atoms with Crippen molar-refractivity contribution < 1.29 is 23.1 Å². The van der Waals surface area contributed by atoms with E-state index in [9.17, 15) is 18.0 Å². The molecule has 0 saturated heterocycles. The minimum atomic E-state index is -3.46. The molecule has 0 aromatic heterocycles. The molecular weight excluding hydrogens is 260 g/mol. The van der Waals surface area contributed by atoms with Crippen LogP contribution in [0.1, 0.15) is 26.7 Å². The van der Waals surface area contributed by atoms with Crippen molar-refractivity contribution in [2.75, 3.05) is 19.8 Å². The van der Waals surface area contributed by atoms with Crippen LogP contribution in [0.25, 0.3) is 0 Å². The van der Waals surface area contributed by atoms with Crippen molar-refractivity contribution in [3.63, 3.8) is 0 Å². The Balaban J connectivity index is 4.69. The molecule has 1 amide bonds. The maximum atomic E-state index is 11.6. The van der Waals surface area contributed by atoms with Crippen molar-refractivity contribution in [2.45, 2.75) is 32.2 Å². The summed E-state index contributed by atoms with van der Waals surface area (Å²) in [7, 11) is -2.20. The Morgan fingerprint density at radius 2 is 1.89 bits per heavy atom. The Morgan fingerprint density at radius 1 is 1.39 bits per heavy atom. The van der Waals surface area contributed by atoms with E-state index >= 15 is 0 Å². The van der Waals surface area contributed by atoms with Crippen LogP contribution in [0.5, 0.6) is 0 Å². The van der Waals surface area contributed by atoms with E-state index in [1.165, 1.54) is 14.0 Å². The van der Waals surface area contributed by atoms with Crippen LogP contribution in [0.3, 0.4) is 0 Å². The van der Waals surface area contributed by atoms with E-state index in [4.69, 9.17) is 5.11 Å². The van der Waals surface area contributed by atoms with E-state index in [0.29, 0.717) is 6.42 Å². The minimum Gasteiger partial charge on any atom is -0.480 e. The van der Waals surface area contributed by atoms with Crippen molar-refractivity contribution >= 4 is 21.9 Å². The van der Waals surface area contributed by atoms with Crippen LogP contribution < -0.4 is 5.32 Å². The first-order valence-corrected chi connectivity index (χ1v) is 7.33. The van der Waals surface area contributed by atoms with Gasteiger partial charge >= 0.3 is 5.97 Å². The van der Waals surface area contributed by atoms with Gasteiger partial charge in [-0.2, -0.15) is 4.31 Å². The maximum absolute atomic E-state index is 11.6. The third-order valence-electron chi connectivity index (χ3n) is 2.57. The number of amides is 1. The summed E-state index contributed by atoms with van der Waals surface area (Å²) in [6, 6.07) is 0. The van der Waals surface area contributed by atoms with Crippen molar-refractivity contribution in [1.29, 1.82) is 0 Å². The number of nitrogens with one attached hydrogen (secondary N) is 1. The highest BCUT2D eigenvalue weighted by Crippen LogP contribution is 2.12. The number of sulfonamides is 1. The molecule has 18 heavy (non-hydrogen) atoms. The predicted octanol–water partition coefficient (Wildman–Crippen LogP) is -0.363. The van der Waals surface area contributed by atoms with Crippen LogP contribution in [0, 0.1) is 0 Å². The Labute approximate surface area is 107 Å². The molecule has 0 saturated carbocycles. The fourth-order valence-electron chi connectivity index (χ4n) is 1.39. The molecular formula is C10H20N2O5S. The number of likely N-dealkylation sites (N-methyl/N-ethyl adjacent to an activating group) is 1. The summed E-state index contributed by atoms with van der Waals surface area (Å²) in [4.78, 5) is 22.7. The Hall–Kier alpha value is -1.15. The quantitative estimate of drug-likeness (QED) is 0.662. The number of carbonyl (C=O) groups excluding carboxylic acids is 1. The highest BCUT2D eigenvalue weighted by Gasteiger charge is 2.34. The minimum absolute atomic E-state index is 0.274. The fourth-order valence-corrected chi connectivity index (χ4v) is 1.74. The Kier molecular flexibility index (Phi) is 5.75. The molecule has 7 nitrogen and oxygen atoms in total. The highest BCUT2D eigenvalue weighted by molar-refractivity contribution is 7.88. The molecule has 0 spiro atoms. The summed E-state index contributed by atoms with van der Waals surface area (Å²) >= 11 is 0. The smallest absolute Gasteiger partial charge is 0.329 e. The molecule has 2 N–H and O–H groups in total. The predicted molar refractivity (Wildman–Crippen MR) is 66.6 cm³/mol. The number of carboxylic acids is 1. The molecule has 0 rings (SSSR count). The van der Waals surface area contributed by atoms with Crippen LogP contribution >= 0.6 is 0 Å². The molecule has 1 unspecified atom stereocenters. The summed E-state index contributed by atoms with van der Waals surface area (Å²) in [5, 5.41) is 11.4. The van der Waals surface area contributed by atoms with Gasteiger partial charge in [0, 0.05) is 7.05 Å². The molecule has 0 aliphatic carbocycles. The van der Waals surface area contributed by atoms with Crippen LogP contribution in [0.2, 0.25) is 0 Å². The zero-order valence-corrected chi connectivity index (χ0v) is 11.9. The van der Waals surface area contributed by atoms with Crippen molar-refractivity contribution in [3.8, 4) is 0 Å². The topological polar surface area (TPSA) is 104 Å². The molecule has 106 valence electrons. The van der Waals surface area contributed by atoms with Crippen molar-refractivity contribution in [3.05, 3.63) is 0 Å². The maximum Gasteiger partial charge on any atom is 0.329 e. The standard InChI is InChI=1S/C10H20N2O5S/c1-5-6-10(2,9(14)15)11-8(13)7-12(3)18(4,16)17/h5-7H2,1-4H3,(H,11,13)(H,14,15). The van der Waals surface area contributed by atoms with Gasteiger partial charge in [0.1, 0.15) is 5.54 Å². The molecule has 0 aromatic carbocycles. The van der Waals surface area contributed by atoms with Gasteiger partial charge in [-0.25, -0.2) is 13.2 Å². The van der Waals surface area contributed by atoms with Gasteiger partial charge in [-0.3, -0.25) is 4.79 Å². The summed E-state index contributed by atoms with van der Waals surface area (Å²) in [6.07, 6.45) is 1.84. The molecule has 0 aliphatic rings. The first-order chi connectivity index (χ1) is 8.03. The van der Waals surface area contributed by atoms with Gasteiger partial charge < -0.3 is 10.4 Å². The number of nitrogens with zero attached hydrogens (tertiary/aromatic N) is 1. The van der Waals surface area contributed by atoms with E-state index in [1.54, 1.807) is 6.92 Å². The fraction of sp³-hybridized carbons (Fsp3) is 0.800. The van der Waals surface area contributed by atoms with Gasteiger partial charge in [0.05, 0.1) is 12.8 Å². The van der Waals surface area contributed by atoms with E-state index in [0.717, 1.165) is 10.6 Å². The second-order valence-corrected chi connectivity index (χ2v) is 6.54. The zero-order valence-electron chi connectivity index (χ0n) is 11.1. The van der Waals surface area contributed by atoms with Crippen LogP contribution in [0.15, 0.2) is 0 Å². The van der Waals surface area contributed by atoms with Gasteiger partial charge in [0.15, 0.2) is 0 Å². The van der Waals surface area contributed by atoms with E-state index in [-0.39, 0.29) is 6.42 Å². The molecule has 0 aromatic rings. The second kappa shape index (κ2) is 6.14. The lowest BCUT2D eigenvalue weighted by molar-refractivity contribution is -0.147. The number of carbonyl (C=O) groups is 2. The van der Waals surface area contributed by atoms with E-state index in [2.05, 4.69) is 5.32 Å².